The van der Waals surface area contributed by atoms with Crippen LogP contribution in [0.3, 0.4) is 0 Å². The molecule has 0 saturated heterocycles. The first kappa shape index (κ1) is 16.9. The normalized spacial score (nSPS) is 10.2. The van der Waals surface area contributed by atoms with Gasteiger partial charge in [-0.15, -0.1) is 0 Å². The number of amides is 1. The van der Waals surface area contributed by atoms with Crippen LogP contribution in [-0.4, -0.2) is 11.0 Å². The maximum absolute atomic E-state index is 12.2. The van der Waals surface area contributed by atoms with Crippen LogP contribution in [0.1, 0.15) is 21.5 Å². The molecular weight excluding hydrogens is 384 g/mol. The highest BCUT2D eigenvalue weighted by Crippen LogP contribution is 2.25. The minimum Gasteiger partial charge on any atom is -0.332 e. The molecule has 0 aromatic heterocycles. The number of benzene rings is 2. The fraction of sp³-hybridized carbons (Fsp3) is 0.125. The maximum Gasteiger partial charge on any atom is 0.258 e. The number of hydrogen-bond acceptors (Lipinski definition) is 2. The predicted molar refractivity (Wildman–Crippen MR) is 98.8 cm³/mol. The highest BCUT2D eigenvalue weighted by atomic mass is 79.9. The van der Waals surface area contributed by atoms with E-state index in [2.05, 4.69) is 26.6 Å². The van der Waals surface area contributed by atoms with E-state index in [0.717, 1.165) is 21.3 Å². The number of nitrogens with one attached hydrogen (secondary N) is 2. The highest BCUT2D eigenvalue weighted by Gasteiger charge is 2.12. The van der Waals surface area contributed by atoms with Crippen LogP contribution in [0.15, 0.2) is 40.9 Å². The van der Waals surface area contributed by atoms with Crippen molar-refractivity contribution in [3.8, 4) is 0 Å². The van der Waals surface area contributed by atoms with Gasteiger partial charge in [-0.3, -0.25) is 10.1 Å². The first-order valence-corrected chi connectivity index (χ1v) is 8.10. The van der Waals surface area contributed by atoms with Gasteiger partial charge in [0.05, 0.1) is 10.6 Å². The largest absolute Gasteiger partial charge is 0.332 e. The van der Waals surface area contributed by atoms with Crippen molar-refractivity contribution >= 4 is 56.5 Å². The van der Waals surface area contributed by atoms with Crippen LogP contribution in [0.2, 0.25) is 5.02 Å². The Balaban J connectivity index is 2.11. The van der Waals surface area contributed by atoms with E-state index in [9.17, 15) is 4.79 Å². The summed E-state index contributed by atoms with van der Waals surface area (Å²) in [5.74, 6) is -0.337. The molecule has 3 nitrogen and oxygen atoms in total. The molecule has 0 aliphatic rings. The molecular formula is C16H14BrClN2OS. The zero-order chi connectivity index (χ0) is 16.3. The number of thiocarbonyl (C=S) groups is 1. The fourth-order valence-electron chi connectivity index (χ4n) is 2.07. The standard InChI is InChI=1S/C16H14BrClN2OS/c1-9-7-11(17)8-10(2)14(9)19-16(22)20-15(21)12-5-3-4-6-13(12)18/h3-8H,1-2H3,(H2,19,20,21,22). The summed E-state index contributed by atoms with van der Waals surface area (Å²) in [7, 11) is 0. The smallest absolute Gasteiger partial charge is 0.258 e. The van der Waals surface area contributed by atoms with Crippen molar-refractivity contribution in [2.75, 3.05) is 5.32 Å². The molecule has 0 bridgehead atoms. The van der Waals surface area contributed by atoms with Gasteiger partial charge < -0.3 is 5.32 Å². The molecule has 2 N–H and O–H groups in total. The summed E-state index contributed by atoms with van der Waals surface area (Å²) in [6.07, 6.45) is 0. The lowest BCUT2D eigenvalue weighted by molar-refractivity contribution is 0.0978. The lowest BCUT2D eigenvalue weighted by atomic mass is 10.1. The van der Waals surface area contributed by atoms with E-state index in [-0.39, 0.29) is 11.0 Å². The molecule has 2 rings (SSSR count). The fourth-order valence-corrected chi connectivity index (χ4v) is 3.17. The Kier molecular flexibility index (Phi) is 5.56. The van der Waals surface area contributed by atoms with Crippen LogP contribution in [0.4, 0.5) is 5.69 Å². The Morgan fingerprint density at radius 1 is 1.18 bits per heavy atom. The molecule has 6 heteroatoms. The van der Waals surface area contributed by atoms with Gasteiger partial charge in [0.15, 0.2) is 5.11 Å². The number of carbonyl (C=O) groups excluding carboxylic acids is 1. The average molecular weight is 398 g/mol. The SMILES string of the molecule is Cc1cc(Br)cc(C)c1NC(=S)NC(=O)c1ccccc1Cl. The van der Waals surface area contributed by atoms with Crippen molar-refractivity contribution in [3.63, 3.8) is 0 Å². The Bertz CT molecular complexity index is 726. The van der Waals surface area contributed by atoms with Crippen molar-refractivity contribution in [3.05, 3.63) is 62.6 Å². The third-order valence-corrected chi connectivity index (χ3v) is 4.07. The van der Waals surface area contributed by atoms with E-state index >= 15 is 0 Å². The predicted octanol–water partition coefficient (Wildman–Crippen LogP) is 4.85. The third kappa shape index (κ3) is 4.06. The summed E-state index contributed by atoms with van der Waals surface area (Å²) in [4.78, 5) is 12.2. The minimum absolute atomic E-state index is 0.235. The number of hydrogen-bond donors (Lipinski definition) is 2. The lowest BCUT2D eigenvalue weighted by Gasteiger charge is -2.15. The van der Waals surface area contributed by atoms with Crippen molar-refractivity contribution in [1.29, 1.82) is 0 Å². The molecule has 2 aromatic rings. The van der Waals surface area contributed by atoms with Crippen LogP contribution < -0.4 is 10.6 Å². The molecule has 0 unspecified atom stereocenters. The molecule has 0 atom stereocenters. The van der Waals surface area contributed by atoms with E-state index in [1.807, 2.05) is 26.0 Å². The van der Waals surface area contributed by atoms with Crippen LogP contribution in [0, 0.1) is 13.8 Å². The molecule has 0 saturated carbocycles. The average Bonchev–Trinajstić information content (AvgIpc) is 2.43. The topological polar surface area (TPSA) is 41.1 Å². The molecule has 114 valence electrons. The first-order valence-electron chi connectivity index (χ1n) is 6.52. The molecule has 22 heavy (non-hydrogen) atoms. The number of carbonyl (C=O) groups is 1. The lowest BCUT2D eigenvalue weighted by Crippen LogP contribution is -2.34. The van der Waals surface area contributed by atoms with Crippen molar-refractivity contribution in [1.82, 2.24) is 5.32 Å². The van der Waals surface area contributed by atoms with Gasteiger partial charge >= 0.3 is 0 Å². The summed E-state index contributed by atoms with van der Waals surface area (Å²) < 4.78 is 0.999. The molecule has 0 aliphatic heterocycles. The van der Waals surface area contributed by atoms with Crippen molar-refractivity contribution in [2.45, 2.75) is 13.8 Å². The molecule has 0 heterocycles. The Morgan fingerprint density at radius 3 is 2.36 bits per heavy atom. The van der Waals surface area contributed by atoms with Crippen molar-refractivity contribution < 1.29 is 4.79 Å². The molecule has 0 spiro atoms. The second-order valence-electron chi connectivity index (χ2n) is 4.80. The van der Waals surface area contributed by atoms with Gasteiger partial charge in [-0.2, -0.15) is 0 Å². The summed E-state index contributed by atoms with van der Waals surface area (Å²) in [6, 6.07) is 10.8. The van der Waals surface area contributed by atoms with Crippen LogP contribution in [0.25, 0.3) is 0 Å². The summed E-state index contributed by atoms with van der Waals surface area (Å²) in [6.45, 7) is 3.94. The van der Waals surface area contributed by atoms with Gasteiger partial charge in [0, 0.05) is 10.2 Å². The minimum atomic E-state index is -0.337. The molecule has 0 fully saturated rings. The van der Waals surface area contributed by atoms with Gasteiger partial charge in [-0.1, -0.05) is 39.7 Å². The molecule has 1 amide bonds. The molecule has 0 radical (unpaired) electrons. The van der Waals surface area contributed by atoms with Crippen LogP contribution >= 0.6 is 39.7 Å². The van der Waals surface area contributed by atoms with Gasteiger partial charge in [0.25, 0.3) is 5.91 Å². The number of rotatable bonds is 2. The number of anilines is 1. The second-order valence-corrected chi connectivity index (χ2v) is 6.53. The monoisotopic (exact) mass is 396 g/mol. The molecule has 0 aliphatic carbocycles. The Morgan fingerprint density at radius 2 is 1.77 bits per heavy atom. The summed E-state index contributed by atoms with van der Waals surface area (Å²) >= 11 is 14.7. The second kappa shape index (κ2) is 7.22. The summed E-state index contributed by atoms with van der Waals surface area (Å²) in [5, 5.41) is 6.32. The zero-order valence-electron chi connectivity index (χ0n) is 12.0. The van der Waals surface area contributed by atoms with E-state index in [1.165, 1.54) is 0 Å². The summed E-state index contributed by atoms with van der Waals surface area (Å²) in [5.41, 5.74) is 3.33. The van der Waals surface area contributed by atoms with Gasteiger partial charge in [0.1, 0.15) is 0 Å². The van der Waals surface area contributed by atoms with Crippen molar-refractivity contribution in [2.24, 2.45) is 0 Å². The Labute approximate surface area is 148 Å². The third-order valence-electron chi connectivity index (χ3n) is 3.08. The maximum atomic E-state index is 12.2. The van der Waals surface area contributed by atoms with Crippen LogP contribution in [0.5, 0.6) is 0 Å². The van der Waals surface area contributed by atoms with E-state index in [4.69, 9.17) is 23.8 Å². The zero-order valence-corrected chi connectivity index (χ0v) is 15.2. The molecule has 2 aromatic carbocycles. The quantitative estimate of drug-likeness (QED) is 0.712. The van der Waals surface area contributed by atoms with Gasteiger partial charge in [-0.25, -0.2) is 0 Å². The van der Waals surface area contributed by atoms with E-state index < -0.39 is 0 Å². The van der Waals surface area contributed by atoms with E-state index in [1.54, 1.807) is 24.3 Å². The van der Waals surface area contributed by atoms with Gasteiger partial charge in [0.2, 0.25) is 0 Å². The highest BCUT2D eigenvalue weighted by molar-refractivity contribution is 9.10. The number of halogens is 2. The Hall–Kier alpha value is -1.43. The van der Waals surface area contributed by atoms with E-state index in [0.29, 0.717) is 10.6 Å². The number of aryl methyl sites for hydroxylation is 2. The first-order chi connectivity index (χ1) is 10.4. The van der Waals surface area contributed by atoms with Gasteiger partial charge in [-0.05, 0) is 61.5 Å². The van der Waals surface area contributed by atoms with Crippen LogP contribution in [-0.2, 0) is 0 Å².